The number of hydrogen-bond donors (Lipinski definition) is 1. The first kappa shape index (κ1) is 14.3. The van der Waals surface area contributed by atoms with Crippen molar-refractivity contribution in [1.29, 1.82) is 0 Å². The molecule has 3 rings (SSSR count). The summed E-state index contributed by atoms with van der Waals surface area (Å²) in [7, 11) is 0. The summed E-state index contributed by atoms with van der Waals surface area (Å²) in [6, 6.07) is 12.6. The number of rotatable bonds is 3. The Balaban J connectivity index is 2.29. The zero-order chi connectivity index (χ0) is 15.0. The molecule has 3 aromatic rings. The van der Waals surface area contributed by atoms with Crippen LogP contribution in [0.5, 0.6) is 0 Å². The van der Waals surface area contributed by atoms with Gasteiger partial charge in [-0.05, 0) is 43.7 Å². The smallest absolute Gasteiger partial charge is 0.142 e. The molecule has 21 heavy (non-hydrogen) atoms. The highest BCUT2D eigenvalue weighted by molar-refractivity contribution is 9.10. The van der Waals surface area contributed by atoms with Crippen LogP contribution in [0.2, 0.25) is 0 Å². The Morgan fingerprint density at radius 1 is 1.19 bits per heavy atom. The van der Waals surface area contributed by atoms with Crippen LogP contribution >= 0.6 is 15.9 Å². The maximum absolute atomic E-state index is 5.73. The molecular weight excluding hydrogens is 326 g/mol. The van der Waals surface area contributed by atoms with Crippen LogP contribution in [0.15, 0.2) is 40.9 Å². The van der Waals surface area contributed by atoms with Gasteiger partial charge in [0.05, 0.1) is 11.0 Å². The van der Waals surface area contributed by atoms with Crippen LogP contribution in [-0.4, -0.2) is 9.55 Å². The van der Waals surface area contributed by atoms with Crippen molar-refractivity contribution >= 4 is 27.0 Å². The Labute approximate surface area is 132 Å². The van der Waals surface area contributed by atoms with Gasteiger partial charge in [0.1, 0.15) is 5.82 Å². The van der Waals surface area contributed by atoms with Crippen molar-refractivity contribution in [3.8, 4) is 11.4 Å². The van der Waals surface area contributed by atoms with Crippen molar-refractivity contribution in [2.24, 2.45) is 5.73 Å². The molecule has 0 bridgehead atoms. The average Bonchev–Trinajstić information content (AvgIpc) is 2.86. The van der Waals surface area contributed by atoms with E-state index in [1.165, 1.54) is 5.56 Å². The van der Waals surface area contributed by atoms with Gasteiger partial charge in [0.2, 0.25) is 0 Å². The fourth-order valence-electron chi connectivity index (χ4n) is 2.64. The van der Waals surface area contributed by atoms with Crippen molar-refractivity contribution in [3.63, 3.8) is 0 Å². The maximum Gasteiger partial charge on any atom is 0.142 e. The Hall–Kier alpha value is -1.65. The Morgan fingerprint density at radius 3 is 2.71 bits per heavy atom. The topological polar surface area (TPSA) is 43.8 Å². The molecule has 0 atom stereocenters. The van der Waals surface area contributed by atoms with Gasteiger partial charge in [-0.2, -0.15) is 0 Å². The van der Waals surface area contributed by atoms with Crippen LogP contribution in [0, 0.1) is 6.92 Å². The van der Waals surface area contributed by atoms with Crippen LogP contribution in [0.25, 0.3) is 22.4 Å². The van der Waals surface area contributed by atoms with E-state index in [0.717, 1.165) is 39.0 Å². The number of nitrogens with two attached hydrogens (primary N) is 1. The lowest BCUT2D eigenvalue weighted by Gasteiger charge is -2.09. The third kappa shape index (κ3) is 2.49. The van der Waals surface area contributed by atoms with Crippen molar-refractivity contribution in [2.45, 2.75) is 26.9 Å². The zero-order valence-electron chi connectivity index (χ0n) is 12.2. The van der Waals surface area contributed by atoms with E-state index < -0.39 is 0 Å². The molecule has 0 amide bonds. The van der Waals surface area contributed by atoms with E-state index in [0.29, 0.717) is 6.54 Å². The highest BCUT2D eigenvalue weighted by atomic mass is 79.9. The van der Waals surface area contributed by atoms with Crippen molar-refractivity contribution in [2.75, 3.05) is 0 Å². The second kappa shape index (κ2) is 5.62. The molecule has 3 nitrogen and oxygen atoms in total. The van der Waals surface area contributed by atoms with Crippen molar-refractivity contribution in [3.05, 3.63) is 52.0 Å². The summed E-state index contributed by atoms with van der Waals surface area (Å²) in [6.45, 7) is 5.67. The minimum absolute atomic E-state index is 0.540. The van der Waals surface area contributed by atoms with Gasteiger partial charge < -0.3 is 10.3 Å². The summed E-state index contributed by atoms with van der Waals surface area (Å²) in [6.07, 6.45) is 0. The van der Waals surface area contributed by atoms with Crippen LogP contribution in [0.1, 0.15) is 18.1 Å². The highest BCUT2D eigenvalue weighted by Gasteiger charge is 2.14. The van der Waals surface area contributed by atoms with Gasteiger partial charge in [0.15, 0.2) is 0 Å². The predicted molar refractivity (Wildman–Crippen MR) is 91.2 cm³/mol. The van der Waals surface area contributed by atoms with Crippen LogP contribution in [0.3, 0.4) is 0 Å². The molecule has 1 aromatic heterocycles. The normalized spacial score (nSPS) is 11.2. The van der Waals surface area contributed by atoms with E-state index in [1.807, 2.05) is 0 Å². The van der Waals surface area contributed by atoms with Gasteiger partial charge >= 0.3 is 0 Å². The average molecular weight is 344 g/mol. The quantitative estimate of drug-likeness (QED) is 0.772. The molecular formula is C17H18BrN3. The lowest BCUT2D eigenvalue weighted by atomic mass is 10.1. The van der Waals surface area contributed by atoms with Gasteiger partial charge in [-0.1, -0.05) is 33.6 Å². The summed E-state index contributed by atoms with van der Waals surface area (Å²) in [5, 5.41) is 0. The standard InChI is InChI=1S/C17H18BrN3/c1-3-21-16-7-5-12(10-19)9-15(16)20-17(21)13-8-11(2)4-6-14(13)18/h4-9H,3,10,19H2,1-2H3. The third-order valence-corrected chi connectivity index (χ3v) is 4.42. The fraction of sp³-hybridized carbons (Fsp3) is 0.235. The van der Waals surface area contributed by atoms with Crippen molar-refractivity contribution in [1.82, 2.24) is 9.55 Å². The van der Waals surface area contributed by atoms with E-state index in [9.17, 15) is 0 Å². The summed E-state index contributed by atoms with van der Waals surface area (Å²) in [5.41, 5.74) is 11.3. The molecule has 4 heteroatoms. The molecule has 0 aliphatic carbocycles. The van der Waals surface area contributed by atoms with E-state index >= 15 is 0 Å². The van der Waals surface area contributed by atoms with Gasteiger partial charge in [0, 0.05) is 23.1 Å². The highest BCUT2D eigenvalue weighted by Crippen LogP contribution is 2.31. The number of hydrogen-bond acceptors (Lipinski definition) is 2. The van der Waals surface area contributed by atoms with Gasteiger partial charge in [-0.15, -0.1) is 0 Å². The molecule has 108 valence electrons. The lowest BCUT2D eigenvalue weighted by Crippen LogP contribution is -1.99. The number of nitrogens with zero attached hydrogens (tertiary/aromatic N) is 2. The van der Waals surface area contributed by atoms with Crippen LogP contribution in [-0.2, 0) is 13.1 Å². The Kier molecular flexibility index (Phi) is 3.83. The monoisotopic (exact) mass is 343 g/mol. The van der Waals surface area contributed by atoms with Gasteiger partial charge in [-0.3, -0.25) is 0 Å². The molecule has 0 aliphatic rings. The molecule has 0 fully saturated rings. The number of benzene rings is 2. The van der Waals surface area contributed by atoms with E-state index in [2.05, 4.69) is 70.7 Å². The second-order valence-electron chi connectivity index (χ2n) is 5.19. The summed E-state index contributed by atoms with van der Waals surface area (Å²) in [4.78, 5) is 4.84. The molecule has 1 heterocycles. The van der Waals surface area contributed by atoms with Crippen LogP contribution < -0.4 is 5.73 Å². The van der Waals surface area contributed by atoms with Gasteiger partial charge in [-0.25, -0.2) is 4.98 Å². The first-order valence-corrected chi connectivity index (χ1v) is 7.89. The zero-order valence-corrected chi connectivity index (χ0v) is 13.8. The lowest BCUT2D eigenvalue weighted by molar-refractivity contribution is 0.796. The fourth-order valence-corrected chi connectivity index (χ4v) is 3.06. The third-order valence-electron chi connectivity index (χ3n) is 3.73. The maximum atomic E-state index is 5.73. The van der Waals surface area contributed by atoms with E-state index in [-0.39, 0.29) is 0 Å². The van der Waals surface area contributed by atoms with E-state index in [1.54, 1.807) is 0 Å². The molecule has 0 saturated heterocycles. The minimum Gasteiger partial charge on any atom is -0.326 e. The predicted octanol–water partition coefficient (Wildman–Crippen LogP) is 4.25. The first-order chi connectivity index (χ1) is 10.1. The second-order valence-corrected chi connectivity index (χ2v) is 6.04. The Bertz CT molecular complexity index is 805. The summed E-state index contributed by atoms with van der Waals surface area (Å²) < 4.78 is 3.31. The summed E-state index contributed by atoms with van der Waals surface area (Å²) >= 11 is 3.64. The number of imidazole rings is 1. The Morgan fingerprint density at radius 2 is 2.00 bits per heavy atom. The molecule has 0 radical (unpaired) electrons. The molecule has 0 unspecified atom stereocenters. The number of halogens is 1. The molecule has 2 N–H and O–H groups in total. The molecule has 0 saturated carbocycles. The van der Waals surface area contributed by atoms with Gasteiger partial charge in [0.25, 0.3) is 0 Å². The SMILES string of the molecule is CCn1c(-c2cc(C)ccc2Br)nc2cc(CN)ccc21. The number of aryl methyl sites for hydroxylation is 2. The minimum atomic E-state index is 0.540. The molecule has 0 aliphatic heterocycles. The first-order valence-electron chi connectivity index (χ1n) is 7.09. The van der Waals surface area contributed by atoms with Crippen molar-refractivity contribution < 1.29 is 0 Å². The molecule has 2 aromatic carbocycles. The van der Waals surface area contributed by atoms with Crippen LogP contribution in [0.4, 0.5) is 0 Å². The summed E-state index contributed by atoms with van der Waals surface area (Å²) in [5.74, 6) is 0.997. The molecule has 0 spiro atoms. The number of aromatic nitrogens is 2. The largest absolute Gasteiger partial charge is 0.326 e. The van der Waals surface area contributed by atoms with E-state index in [4.69, 9.17) is 10.7 Å². The number of fused-ring (bicyclic) bond motifs is 1.